The minimum absolute atomic E-state index is 0.113. The average molecular weight is 454 g/mol. The molecule has 8 heteroatoms. The van der Waals surface area contributed by atoms with E-state index >= 15 is 0 Å². The highest BCUT2D eigenvalue weighted by Gasteiger charge is 2.25. The first-order chi connectivity index (χ1) is 15.8. The van der Waals surface area contributed by atoms with Gasteiger partial charge in [-0.15, -0.1) is 0 Å². The second-order valence-corrected chi connectivity index (χ2v) is 8.15. The van der Waals surface area contributed by atoms with Crippen LogP contribution >= 0.6 is 0 Å². The molecule has 0 aromatic heterocycles. The van der Waals surface area contributed by atoms with E-state index in [1.54, 1.807) is 30.3 Å². The van der Waals surface area contributed by atoms with Gasteiger partial charge in [0.15, 0.2) is 12.4 Å². The Hall–Kier alpha value is -3.52. The molecule has 0 radical (unpaired) electrons. The van der Waals surface area contributed by atoms with Gasteiger partial charge in [-0.05, 0) is 24.3 Å². The van der Waals surface area contributed by atoms with Crippen LogP contribution in [0.1, 0.15) is 36.2 Å². The monoisotopic (exact) mass is 453 g/mol. The number of benzene rings is 2. The van der Waals surface area contributed by atoms with Gasteiger partial charge in [-0.3, -0.25) is 19.2 Å². The van der Waals surface area contributed by atoms with Gasteiger partial charge in [0.25, 0.3) is 0 Å². The standard InChI is InChI=1S/C25H31N3O5/c1-17(2)13-21(28-24(31)20(26)14-18-9-5-3-6-10-18)25(32)27-15-23(30)33-16-22(29)19-11-7-4-8-12-19/h3-12,17,20-21H,13-16,26H2,1-2H3,(H,27,32)(H,28,31). The molecule has 33 heavy (non-hydrogen) atoms. The predicted molar refractivity (Wildman–Crippen MR) is 124 cm³/mol. The van der Waals surface area contributed by atoms with Gasteiger partial charge in [-0.2, -0.15) is 0 Å². The summed E-state index contributed by atoms with van der Waals surface area (Å²) >= 11 is 0. The number of hydrogen-bond acceptors (Lipinski definition) is 6. The van der Waals surface area contributed by atoms with E-state index in [0.717, 1.165) is 5.56 Å². The van der Waals surface area contributed by atoms with Gasteiger partial charge in [0.2, 0.25) is 11.8 Å². The van der Waals surface area contributed by atoms with Gasteiger partial charge in [0, 0.05) is 5.56 Å². The fourth-order valence-corrected chi connectivity index (χ4v) is 3.13. The highest BCUT2D eigenvalue weighted by Crippen LogP contribution is 2.07. The Morgan fingerprint density at radius 1 is 0.909 bits per heavy atom. The number of nitrogens with one attached hydrogen (secondary N) is 2. The number of nitrogens with two attached hydrogens (primary N) is 1. The predicted octanol–water partition coefficient (Wildman–Crippen LogP) is 1.63. The number of carbonyl (C=O) groups is 4. The van der Waals surface area contributed by atoms with Crippen LogP contribution in [0.3, 0.4) is 0 Å². The van der Waals surface area contributed by atoms with Crippen molar-refractivity contribution < 1.29 is 23.9 Å². The van der Waals surface area contributed by atoms with Gasteiger partial charge < -0.3 is 21.1 Å². The Labute approximate surface area is 193 Å². The molecule has 2 aromatic carbocycles. The van der Waals surface area contributed by atoms with Gasteiger partial charge >= 0.3 is 5.97 Å². The molecule has 0 aliphatic rings. The van der Waals surface area contributed by atoms with Gasteiger partial charge in [-0.1, -0.05) is 74.5 Å². The topological polar surface area (TPSA) is 128 Å². The molecule has 0 fully saturated rings. The smallest absolute Gasteiger partial charge is 0.325 e. The number of Topliss-reactive ketones (excluding diaryl/α,β-unsaturated/α-hetero) is 1. The quantitative estimate of drug-likeness (QED) is 0.331. The van der Waals surface area contributed by atoms with E-state index in [0.29, 0.717) is 18.4 Å². The van der Waals surface area contributed by atoms with Crippen molar-refractivity contribution in [3.8, 4) is 0 Å². The van der Waals surface area contributed by atoms with Crippen LogP contribution in [0.5, 0.6) is 0 Å². The first kappa shape index (κ1) is 25.7. The normalized spacial score (nSPS) is 12.5. The van der Waals surface area contributed by atoms with Crippen LogP contribution < -0.4 is 16.4 Å². The van der Waals surface area contributed by atoms with Crippen LogP contribution in [0.25, 0.3) is 0 Å². The largest absolute Gasteiger partial charge is 0.456 e. The Morgan fingerprint density at radius 3 is 2.12 bits per heavy atom. The number of ketones is 1. The van der Waals surface area contributed by atoms with Gasteiger partial charge in [-0.25, -0.2) is 0 Å². The van der Waals surface area contributed by atoms with Crippen molar-refractivity contribution in [2.45, 2.75) is 38.8 Å². The summed E-state index contributed by atoms with van der Waals surface area (Å²) in [5, 5.41) is 5.15. The molecule has 0 spiro atoms. The maximum absolute atomic E-state index is 12.6. The summed E-state index contributed by atoms with van der Waals surface area (Å²) in [5.74, 6) is -1.94. The fourth-order valence-electron chi connectivity index (χ4n) is 3.13. The van der Waals surface area contributed by atoms with E-state index in [1.807, 2.05) is 44.2 Å². The molecule has 2 rings (SSSR count). The highest BCUT2D eigenvalue weighted by molar-refractivity contribution is 5.98. The number of carbonyl (C=O) groups excluding carboxylic acids is 4. The molecule has 0 aliphatic carbocycles. The number of ether oxygens (including phenoxy) is 1. The van der Waals surface area contributed by atoms with Crippen molar-refractivity contribution in [1.82, 2.24) is 10.6 Å². The van der Waals surface area contributed by atoms with Crippen LogP contribution in [-0.4, -0.2) is 48.8 Å². The summed E-state index contributed by atoms with van der Waals surface area (Å²) in [5.41, 5.74) is 7.36. The van der Waals surface area contributed by atoms with Crippen LogP contribution in [-0.2, 0) is 25.5 Å². The second kappa shape index (κ2) is 13.1. The Kier molecular flexibility index (Phi) is 10.2. The van der Waals surface area contributed by atoms with Crippen LogP contribution in [0.2, 0.25) is 0 Å². The van der Waals surface area contributed by atoms with E-state index in [2.05, 4.69) is 10.6 Å². The maximum atomic E-state index is 12.6. The molecule has 0 bridgehead atoms. The number of hydrogen-bond donors (Lipinski definition) is 3. The Bertz CT molecular complexity index is 932. The minimum atomic E-state index is -0.849. The molecule has 176 valence electrons. The van der Waals surface area contributed by atoms with Crippen molar-refractivity contribution in [1.29, 1.82) is 0 Å². The van der Waals surface area contributed by atoms with Crippen molar-refractivity contribution >= 4 is 23.6 Å². The molecule has 0 saturated carbocycles. The summed E-state index contributed by atoms with van der Waals surface area (Å²) in [4.78, 5) is 49.1. The molecule has 2 aromatic rings. The first-order valence-corrected chi connectivity index (χ1v) is 10.9. The Balaban J connectivity index is 1.84. The van der Waals surface area contributed by atoms with E-state index in [-0.39, 0.29) is 11.7 Å². The van der Waals surface area contributed by atoms with Crippen molar-refractivity contribution in [3.63, 3.8) is 0 Å². The highest BCUT2D eigenvalue weighted by atomic mass is 16.5. The zero-order chi connectivity index (χ0) is 24.2. The zero-order valence-corrected chi connectivity index (χ0v) is 19.0. The number of amides is 2. The summed E-state index contributed by atoms with van der Waals surface area (Å²) in [6.45, 7) is 3.00. The fraction of sp³-hybridized carbons (Fsp3) is 0.360. The molecule has 4 N–H and O–H groups in total. The summed E-state index contributed by atoms with van der Waals surface area (Å²) in [6.07, 6.45) is 0.710. The molecule has 0 saturated heterocycles. The molecule has 0 aliphatic heterocycles. The molecule has 2 amide bonds. The summed E-state index contributed by atoms with van der Waals surface area (Å²) < 4.78 is 4.94. The first-order valence-electron chi connectivity index (χ1n) is 10.9. The third-order valence-corrected chi connectivity index (χ3v) is 4.84. The van der Waals surface area contributed by atoms with Crippen molar-refractivity contribution in [2.75, 3.05) is 13.2 Å². The third-order valence-electron chi connectivity index (χ3n) is 4.84. The molecule has 2 unspecified atom stereocenters. The van der Waals surface area contributed by atoms with Crippen LogP contribution in [0, 0.1) is 5.92 Å². The SMILES string of the molecule is CC(C)CC(NC(=O)C(N)Cc1ccccc1)C(=O)NCC(=O)OCC(=O)c1ccccc1. The lowest BCUT2D eigenvalue weighted by Gasteiger charge is -2.22. The summed E-state index contributed by atoms with van der Waals surface area (Å²) in [6, 6.07) is 16.1. The van der Waals surface area contributed by atoms with Crippen molar-refractivity contribution in [3.05, 3.63) is 71.8 Å². The average Bonchev–Trinajstić information content (AvgIpc) is 2.81. The lowest BCUT2D eigenvalue weighted by Crippen LogP contribution is -2.53. The van der Waals surface area contributed by atoms with Crippen LogP contribution in [0.15, 0.2) is 60.7 Å². The van der Waals surface area contributed by atoms with Gasteiger partial charge in [0.05, 0.1) is 6.04 Å². The van der Waals surface area contributed by atoms with Crippen molar-refractivity contribution in [2.24, 2.45) is 11.7 Å². The number of esters is 1. The lowest BCUT2D eigenvalue weighted by atomic mass is 10.0. The van der Waals surface area contributed by atoms with E-state index in [1.165, 1.54) is 0 Å². The van der Waals surface area contributed by atoms with Crippen LogP contribution in [0.4, 0.5) is 0 Å². The maximum Gasteiger partial charge on any atom is 0.325 e. The minimum Gasteiger partial charge on any atom is -0.456 e. The van der Waals surface area contributed by atoms with E-state index in [9.17, 15) is 19.2 Å². The molecular weight excluding hydrogens is 422 g/mol. The lowest BCUT2D eigenvalue weighted by molar-refractivity contribution is -0.143. The second-order valence-electron chi connectivity index (χ2n) is 8.15. The molecular formula is C25H31N3O5. The molecule has 8 nitrogen and oxygen atoms in total. The number of rotatable bonds is 12. The third kappa shape index (κ3) is 9.24. The molecule has 0 heterocycles. The van der Waals surface area contributed by atoms with E-state index in [4.69, 9.17) is 10.5 Å². The molecule has 2 atom stereocenters. The van der Waals surface area contributed by atoms with E-state index < -0.39 is 43.0 Å². The van der Waals surface area contributed by atoms with Gasteiger partial charge in [0.1, 0.15) is 12.6 Å². The Morgan fingerprint density at radius 2 is 1.52 bits per heavy atom. The zero-order valence-electron chi connectivity index (χ0n) is 19.0. The summed E-state index contributed by atoms with van der Waals surface area (Å²) in [7, 11) is 0.